The maximum Gasteiger partial charge on any atom is 0.0627 e. The molecule has 0 heterocycles. The molecule has 2 nitrogen and oxygen atoms in total. The van der Waals surface area contributed by atoms with Crippen LogP contribution in [0, 0.1) is 10.8 Å². The van der Waals surface area contributed by atoms with Gasteiger partial charge < -0.3 is 9.84 Å². The van der Waals surface area contributed by atoms with Crippen LogP contribution in [0.15, 0.2) is 0 Å². The third-order valence-electron chi connectivity index (χ3n) is 4.27. The lowest BCUT2D eigenvalue weighted by atomic mass is 9.67. The Labute approximate surface area is 81.3 Å². The lowest BCUT2D eigenvalue weighted by Gasteiger charge is -2.41. The number of aliphatic hydroxyl groups is 1. The molecule has 0 amide bonds. The Bertz CT molecular complexity index is 174. The molecule has 13 heavy (non-hydrogen) atoms. The number of ether oxygens (including phenoxy) is 1. The average molecular weight is 186 g/mol. The molecule has 1 fully saturated rings. The maximum atomic E-state index is 9.04. The van der Waals surface area contributed by atoms with Crippen molar-refractivity contribution in [2.45, 2.75) is 46.1 Å². The van der Waals surface area contributed by atoms with E-state index in [2.05, 4.69) is 20.8 Å². The maximum absolute atomic E-state index is 9.04. The lowest BCUT2D eigenvalue weighted by Crippen LogP contribution is -2.38. The molecule has 1 saturated carbocycles. The Kier molecular flexibility index (Phi) is 3.03. The summed E-state index contributed by atoms with van der Waals surface area (Å²) < 4.78 is 5.49. The van der Waals surface area contributed by atoms with Gasteiger partial charge in [-0.2, -0.15) is 0 Å². The summed E-state index contributed by atoms with van der Waals surface area (Å²) >= 11 is 0. The molecule has 78 valence electrons. The Hall–Kier alpha value is -0.0800. The molecule has 0 unspecified atom stereocenters. The second kappa shape index (κ2) is 3.58. The fourth-order valence-electron chi connectivity index (χ4n) is 2.63. The first kappa shape index (κ1) is 11.0. The normalized spacial score (nSPS) is 38.1. The zero-order chi connectivity index (χ0) is 10.1. The summed E-state index contributed by atoms with van der Waals surface area (Å²) in [6.45, 7) is 7.06. The molecule has 0 aromatic rings. The minimum atomic E-state index is 0.185. The van der Waals surface area contributed by atoms with Gasteiger partial charge in [0, 0.05) is 13.7 Å². The van der Waals surface area contributed by atoms with Crippen LogP contribution >= 0.6 is 0 Å². The fraction of sp³-hybridized carbons (Fsp3) is 1.00. The summed E-state index contributed by atoms with van der Waals surface area (Å²) in [4.78, 5) is 0. The van der Waals surface area contributed by atoms with Crippen LogP contribution in [0.4, 0.5) is 0 Å². The Morgan fingerprint density at radius 1 is 1.38 bits per heavy atom. The number of aliphatic hydroxyl groups excluding tert-OH is 1. The highest BCUT2D eigenvalue weighted by Gasteiger charge is 2.51. The molecule has 2 atom stereocenters. The highest BCUT2D eigenvalue weighted by atomic mass is 16.5. The Morgan fingerprint density at radius 2 is 2.00 bits per heavy atom. The van der Waals surface area contributed by atoms with E-state index in [4.69, 9.17) is 9.84 Å². The van der Waals surface area contributed by atoms with E-state index in [9.17, 15) is 0 Å². The smallest absolute Gasteiger partial charge is 0.0627 e. The number of rotatable bonds is 3. The Balaban J connectivity index is 2.79. The zero-order valence-corrected chi connectivity index (χ0v) is 9.26. The van der Waals surface area contributed by atoms with Gasteiger partial charge in [-0.3, -0.25) is 0 Å². The first-order valence-electron chi connectivity index (χ1n) is 5.11. The largest absolute Gasteiger partial charge is 0.396 e. The van der Waals surface area contributed by atoms with E-state index in [-0.39, 0.29) is 17.4 Å². The van der Waals surface area contributed by atoms with Crippen molar-refractivity contribution in [1.82, 2.24) is 0 Å². The SMILES string of the molecule is CO[C@H]1CC[C@@](C)(CCO)C1(C)C. The predicted molar refractivity (Wildman–Crippen MR) is 53.6 cm³/mol. The number of hydrogen-bond donors (Lipinski definition) is 1. The van der Waals surface area contributed by atoms with E-state index in [0.29, 0.717) is 6.10 Å². The van der Waals surface area contributed by atoms with E-state index in [0.717, 1.165) is 12.8 Å². The molecular weight excluding hydrogens is 164 g/mol. The summed E-state index contributed by atoms with van der Waals surface area (Å²) in [6.07, 6.45) is 3.53. The van der Waals surface area contributed by atoms with Gasteiger partial charge in [-0.25, -0.2) is 0 Å². The molecule has 0 aromatic carbocycles. The van der Waals surface area contributed by atoms with Gasteiger partial charge in [0.25, 0.3) is 0 Å². The third-order valence-corrected chi connectivity index (χ3v) is 4.27. The van der Waals surface area contributed by atoms with Gasteiger partial charge in [0.15, 0.2) is 0 Å². The summed E-state index contributed by atoms with van der Waals surface area (Å²) in [5.41, 5.74) is 0.424. The molecule has 0 radical (unpaired) electrons. The molecule has 1 aliphatic rings. The van der Waals surface area contributed by atoms with Crippen molar-refractivity contribution in [2.75, 3.05) is 13.7 Å². The molecule has 1 aliphatic carbocycles. The topological polar surface area (TPSA) is 29.5 Å². The summed E-state index contributed by atoms with van der Waals surface area (Å²) in [6, 6.07) is 0. The van der Waals surface area contributed by atoms with Gasteiger partial charge in [0.2, 0.25) is 0 Å². The highest BCUT2D eigenvalue weighted by molar-refractivity contribution is 5.00. The second-order valence-electron chi connectivity index (χ2n) is 5.02. The zero-order valence-electron chi connectivity index (χ0n) is 9.26. The van der Waals surface area contributed by atoms with E-state index in [1.807, 2.05) is 0 Å². The van der Waals surface area contributed by atoms with Crippen molar-refractivity contribution in [3.63, 3.8) is 0 Å². The molecule has 0 aromatic heterocycles. The van der Waals surface area contributed by atoms with Crippen molar-refractivity contribution in [3.8, 4) is 0 Å². The van der Waals surface area contributed by atoms with Gasteiger partial charge in [0.05, 0.1) is 6.10 Å². The molecule has 0 bridgehead atoms. The quantitative estimate of drug-likeness (QED) is 0.732. The minimum absolute atomic E-state index is 0.185. The monoisotopic (exact) mass is 186 g/mol. The van der Waals surface area contributed by atoms with Crippen LogP contribution in [0.1, 0.15) is 40.0 Å². The van der Waals surface area contributed by atoms with Crippen LogP contribution in [0.5, 0.6) is 0 Å². The Morgan fingerprint density at radius 3 is 2.38 bits per heavy atom. The molecule has 2 heteroatoms. The molecule has 0 spiro atoms. The van der Waals surface area contributed by atoms with Gasteiger partial charge in [0.1, 0.15) is 0 Å². The summed E-state index contributed by atoms with van der Waals surface area (Å²) in [5.74, 6) is 0. The van der Waals surface area contributed by atoms with Crippen molar-refractivity contribution < 1.29 is 9.84 Å². The van der Waals surface area contributed by atoms with Crippen LogP contribution in [0.25, 0.3) is 0 Å². The van der Waals surface area contributed by atoms with Gasteiger partial charge in [-0.1, -0.05) is 20.8 Å². The van der Waals surface area contributed by atoms with Gasteiger partial charge >= 0.3 is 0 Å². The second-order valence-corrected chi connectivity index (χ2v) is 5.02. The van der Waals surface area contributed by atoms with Crippen LogP contribution in [0.3, 0.4) is 0 Å². The average Bonchev–Trinajstić information content (AvgIpc) is 2.25. The van der Waals surface area contributed by atoms with Crippen molar-refractivity contribution in [2.24, 2.45) is 10.8 Å². The molecule has 1 N–H and O–H groups in total. The molecule has 0 saturated heterocycles. The third kappa shape index (κ3) is 1.62. The predicted octanol–water partition coefficient (Wildman–Crippen LogP) is 2.21. The van der Waals surface area contributed by atoms with Crippen LogP contribution in [-0.2, 0) is 4.74 Å². The van der Waals surface area contributed by atoms with Crippen LogP contribution in [-0.4, -0.2) is 24.9 Å². The number of methoxy groups -OCH3 is 1. The van der Waals surface area contributed by atoms with Gasteiger partial charge in [-0.15, -0.1) is 0 Å². The molecule has 0 aliphatic heterocycles. The van der Waals surface area contributed by atoms with Gasteiger partial charge in [-0.05, 0) is 30.1 Å². The molecular formula is C11H22O2. The summed E-state index contributed by atoms with van der Waals surface area (Å²) in [5, 5.41) is 9.04. The standard InChI is InChI=1S/C11H22O2/c1-10(2)9(13-4)5-6-11(10,3)7-8-12/h9,12H,5-8H2,1-4H3/t9-,11-/m0/s1. The molecule has 1 rings (SSSR count). The van der Waals surface area contributed by atoms with E-state index in [1.54, 1.807) is 7.11 Å². The number of hydrogen-bond acceptors (Lipinski definition) is 2. The van der Waals surface area contributed by atoms with E-state index in [1.165, 1.54) is 6.42 Å². The van der Waals surface area contributed by atoms with E-state index < -0.39 is 0 Å². The summed E-state index contributed by atoms with van der Waals surface area (Å²) in [7, 11) is 1.79. The lowest BCUT2D eigenvalue weighted by molar-refractivity contribution is -0.0260. The first-order valence-corrected chi connectivity index (χ1v) is 5.11. The highest BCUT2D eigenvalue weighted by Crippen LogP contribution is 2.55. The van der Waals surface area contributed by atoms with Crippen molar-refractivity contribution >= 4 is 0 Å². The van der Waals surface area contributed by atoms with Crippen LogP contribution in [0.2, 0.25) is 0 Å². The first-order chi connectivity index (χ1) is 5.98. The fourth-order valence-corrected chi connectivity index (χ4v) is 2.63. The van der Waals surface area contributed by atoms with Crippen molar-refractivity contribution in [1.29, 1.82) is 0 Å². The van der Waals surface area contributed by atoms with E-state index >= 15 is 0 Å². The minimum Gasteiger partial charge on any atom is -0.396 e. The van der Waals surface area contributed by atoms with Crippen LogP contribution < -0.4 is 0 Å². The van der Waals surface area contributed by atoms with Crippen molar-refractivity contribution in [3.05, 3.63) is 0 Å².